The average molecular weight is 288 g/mol. The Hall–Kier alpha value is -2.14. The van der Waals surface area contributed by atoms with Crippen molar-refractivity contribution in [3.05, 3.63) is 42.0 Å². The van der Waals surface area contributed by atoms with Gasteiger partial charge in [0.1, 0.15) is 0 Å². The molecular formula is C16H20N2O3. The molecule has 2 N–H and O–H groups in total. The van der Waals surface area contributed by atoms with Crippen LogP contribution in [0.5, 0.6) is 0 Å². The molecule has 0 fully saturated rings. The maximum absolute atomic E-state index is 11.8. The number of rotatable bonds is 7. The lowest BCUT2D eigenvalue weighted by Crippen LogP contribution is -2.31. The lowest BCUT2D eigenvalue weighted by Gasteiger charge is -2.17. The summed E-state index contributed by atoms with van der Waals surface area (Å²) < 4.78 is 5.22. The van der Waals surface area contributed by atoms with Crippen molar-refractivity contribution in [3.63, 3.8) is 0 Å². The number of nitrogens with one attached hydrogen (secondary N) is 2. The van der Waals surface area contributed by atoms with Crippen molar-refractivity contribution >= 4 is 17.5 Å². The number of ether oxygens (including phenoxy) is 1. The number of benzene rings is 1. The van der Waals surface area contributed by atoms with Crippen LogP contribution in [0.1, 0.15) is 28.8 Å². The second-order valence-corrected chi connectivity index (χ2v) is 4.89. The summed E-state index contributed by atoms with van der Waals surface area (Å²) in [4.78, 5) is 23.6. The number of anilines is 1. The lowest BCUT2D eigenvalue weighted by molar-refractivity contribution is -0.116. The number of fused-ring (bicyclic) bond motifs is 1. The van der Waals surface area contributed by atoms with Gasteiger partial charge in [-0.05, 0) is 30.5 Å². The first-order valence-electron chi connectivity index (χ1n) is 7.10. The molecule has 1 heterocycles. The molecule has 0 saturated heterocycles. The molecule has 1 aliphatic rings. The van der Waals surface area contributed by atoms with Gasteiger partial charge >= 0.3 is 0 Å². The fraction of sp³-hybridized carbons (Fsp3) is 0.375. The topological polar surface area (TPSA) is 67.4 Å². The minimum atomic E-state index is -0.0785. The Balaban J connectivity index is 1.85. The Bertz CT molecular complexity index is 540. The second kappa shape index (κ2) is 7.59. The van der Waals surface area contributed by atoms with E-state index < -0.39 is 0 Å². The van der Waals surface area contributed by atoms with E-state index in [1.54, 1.807) is 12.1 Å². The summed E-state index contributed by atoms with van der Waals surface area (Å²) >= 11 is 0. The van der Waals surface area contributed by atoms with Crippen molar-refractivity contribution in [2.75, 3.05) is 25.1 Å². The van der Waals surface area contributed by atoms with Crippen LogP contribution >= 0.6 is 0 Å². The van der Waals surface area contributed by atoms with Crippen LogP contribution in [-0.2, 0) is 16.0 Å². The molecule has 0 saturated carbocycles. The minimum Gasteiger partial charge on any atom is -0.377 e. The molecule has 112 valence electrons. The standard InChI is InChI=1S/C16H20N2O3/c1-2-9-21-10-3-4-15(19)18-13-6-5-12-7-8-17-16(20)14(12)11-13/h2,5-6,11H,1,3-4,7-10H2,(H,17,20)(H,18,19). The van der Waals surface area contributed by atoms with Crippen molar-refractivity contribution in [2.45, 2.75) is 19.3 Å². The van der Waals surface area contributed by atoms with E-state index in [0.29, 0.717) is 43.9 Å². The SMILES string of the molecule is C=CCOCCCC(=O)Nc1ccc2c(c1)C(=O)NCC2. The average Bonchev–Trinajstić information content (AvgIpc) is 2.48. The minimum absolute atomic E-state index is 0.0756. The fourth-order valence-electron chi connectivity index (χ4n) is 2.21. The lowest BCUT2D eigenvalue weighted by atomic mass is 10.00. The van der Waals surface area contributed by atoms with Crippen molar-refractivity contribution in [3.8, 4) is 0 Å². The van der Waals surface area contributed by atoms with Crippen molar-refractivity contribution < 1.29 is 14.3 Å². The van der Waals surface area contributed by atoms with E-state index in [-0.39, 0.29) is 11.8 Å². The molecule has 1 aromatic carbocycles. The van der Waals surface area contributed by atoms with E-state index in [1.165, 1.54) is 0 Å². The fourth-order valence-corrected chi connectivity index (χ4v) is 2.21. The summed E-state index contributed by atoms with van der Waals surface area (Å²) in [5.41, 5.74) is 2.32. The van der Waals surface area contributed by atoms with Crippen molar-refractivity contribution in [1.82, 2.24) is 5.32 Å². The Morgan fingerprint density at radius 3 is 3.14 bits per heavy atom. The number of carbonyl (C=O) groups excluding carboxylic acids is 2. The van der Waals surface area contributed by atoms with Gasteiger partial charge in [0.2, 0.25) is 5.91 Å². The molecular weight excluding hydrogens is 268 g/mol. The first-order chi connectivity index (χ1) is 10.2. The summed E-state index contributed by atoms with van der Waals surface area (Å²) in [7, 11) is 0. The Morgan fingerprint density at radius 2 is 2.33 bits per heavy atom. The smallest absolute Gasteiger partial charge is 0.251 e. The maximum atomic E-state index is 11.8. The molecule has 0 aromatic heterocycles. The molecule has 21 heavy (non-hydrogen) atoms. The van der Waals surface area contributed by atoms with Crippen LogP contribution in [0.2, 0.25) is 0 Å². The second-order valence-electron chi connectivity index (χ2n) is 4.89. The van der Waals surface area contributed by atoms with Crippen LogP contribution in [0.15, 0.2) is 30.9 Å². The normalized spacial score (nSPS) is 13.2. The van der Waals surface area contributed by atoms with E-state index in [4.69, 9.17) is 4.74 Å². The summed E-state index contributed by atoms with van der Waals surface area (Å²) in [6, 6.07) is 5.47. The molecule has 1 aliphatic heterocycles. The van der Waals surface area contributed by atoms with Gasteiger partial charge in [0, 0.05) is 30.8 Å². The van der Waals surface area contributed by atoms with Gasteiger partial charge in [0.15, 0.2) is 0 Å². The Kier molecular flexibility index (Phi) is 5.51. The monoisotopic (exact) mass is 288 g/mol. The van der Waals surface area contributed by atoms with Gasteiger partial charge in [-0.2, -0.15) is 0 Å². The predicted molar refractivity (Wildman–Crippen MR) is 81.4 cm³/mol. The number of amides is 2. The van der Waals surface area contributed by atoms with E-state index in [9.17, 15) is 9.59 Å². The van der Waals surface area contributed by atoms with Crippen molar-refractivity contribution in [1.29, 1.82) is 0 Å². The number of hydrogen-bond acceptors (Lipinski definition) is 3. The predicted octanol–water partition coefficient (Wildman–Crippen LogP) is 1.89. The molecule has 2 amide bonds. The van der Waals surface area contributed by atoms with E-state index >= 15 is 0 Å². The highest BCUT2D eigenvalue weighted by atomic mass is 16.5. The zero-order valence-electron chi connectivity index (χ0n) is 12.0. The Labute approximate surface area is 124 Å². The molecule has 2 rings (SSSR count). The molecule has 0 aliphatic carbocycles. The highest BCUT2D eigenvalue weighted by molar-refractivity contribution is 5.99. The van der Waals surface area contributed by atoms with Gasteiger partial charge in [0.25, 0.3) is 5.91 Å². The third kappa shape index (κ3) is 4.43. The molecule has 0 atom stereocenters. The van der Waals surface area contributed by atoms with Gasteiger partial charge in [0.05, 0.1) is 6.61 Å². The molecule has 0 radical (unpaired) electrons. The summed E-state index contributed by atoms with van der Waals surface area (Å²) in [6.45, 7) is 5.26. The third-order valence-electron chi connectivity index (χ3n) is 3.25. The molecule has 5 heteroatoms. The summed E-state index contributed by atoms with van der Waals surface area (Å²) in [5.74, 6) is -0.154. The molecule has 0 unspecified atom stereocenters. The van der Waals surface area contributed by atoms with Crippen LogP contribution in [0.3, 0.4) is 0 Å². The first-order valence-corrected chi connectivity index (χ1v) is 7.10. The van der Waals surface area contributed by atoms with Gasteiger partial charge in [-0.1, -0.05) is 12.1 Å². The zero-order chi connectivity index (χ0) is 15.1. The maximum Gasteiger partial charge on any atom is 0.251 e. The summed E-state index contributed by atoms with van der Waals surface area (Å²) in [6.07, 6.45) is 3.56. The van der Waals surface area contributed by atoms with E-state index in [0.717, 1.165) is 12.0 Å². The van der Waals surface area contributed by atoms with E-state index in [1.807, 2.05) is 12.1 Å². The first kappa shape index (κ1) is 15.3. The van der Waals surface area contributed by atoms with Crippen LogP contribution < -0.4 is 10.6 Å². The molecule has 0 spiro atoms. The highest BCUT2D eigenvalue weighted by Crippen LogP contribution is 2.19. The van der Waals surface area contributed by atoms with Crippen LogP contribution in [0.25, 0.3) is 0 Å². The Morgan fingerprint density at radius 1 is 1.48 bits per heavy atom. The third-order valence-corrected chi connectivity index (χ3v) is 3.25. The van der Waals surface area contributed by atoms with Gasteiger partial charge in [-0.3, -0.25) is 9.59 Å². The van der Waals surface area contributed by atoms with Crippen LogP contribution in [0.4, 0.5) is 5.69 Å². The highest BCUT2D eigenvalue weighted by Gasteiger charge is 2.17. The zero-order valence-corrected chi connectivity index (χ0v) is 12.0. The van der Waals surface area contributed by atoms with Gasteiger partial charge in [-0.15, -0.1) is 6.58 Å². The number of hydrogen-bond donors (Lipinski definition) is 2. The largest absolute Gasteiger partial charge is 0.377 e. The molecule has 5 nitrogen and oxygen atoms in total. The van der Waals surface area contributed by atoms with Gasteiger partial charge < -0.3 is 15.4 Å². The van der Waals surface area contributed by atoms with Crippen LogP contribution in [-0.4, -0.2) is 31.6 Å². The van der Waals surface area contributed by atoms with Crippen molar-refractivity contribution in [2.24, 2.45) is 0 Å². The van der Waals surface area contributed by atoms with Crippen LogP contribution in [0, 0.1) is 0 Å². The molecule has 0 bridgehead atoms. The van der Waals surface area contributed by atoms with Gasteiger partial charge in [-0.25, -0.2) is 0 Å². The molecule has 1 aromatic rings. The number of carbonyl (C=O) groups is 2. The van der Waals surface area contributed by atoms with E-state index in [2.05, 4.69) is 17.2 Å². The summed E-state index contributed by atoms with van der Waals surface area (Å²) in [5, 5.41) is 5.61. The quantitative estimate of drug-likeness (QED) is 0.595.